The molecule has 0 unspecified atom stereocenters. The van der Waals surface area contributed by atoms with Crippen molar-refractivity contribution in [1.82, 2.24) is 0 Å². The molecule has 0 atom stereocenters. The van der Waals surface area contributed by atoms with Crippen molar-refractivity contribution >= 4 is 28.4 Å². The summed E-state index contributed by atoms with van der Waals surface area (Å²) in [4.78, 5) is 2.32. The number of hydrogen-bond donors (Lipinski definition) is 0. The Balaban J connectivity index is 1.38. The minimum absolute atomic E-state index is 0.779. The monoisotopic (exact) mass is 427 g/mol. The number of morpholine rings is 1. The highest BCUT2D eigenvalue weighted by atomic mass is 16.5. The average molecular weight is 428 g/mol. The molecule has 6 nitrogen and oxygen atoms in total. The minimum atomic E-state index is 0.779. The van der Waals surface area contributed by atoms with Crippen LogP contribution in [0.3, 0.4) is 0 Å². The molecular weight excluding hydrogens is 398 g/mol. The lowest BCUT2D eigenvalue weighted by Crippen LogP contribution is -2.36. The lowest BCUT2D eigenvalue weighted by atomic mass is 10.1. The topological polar surface area (TPSA) is 61.9 Å². The van der Waals surface area contributed by atoms with Gasteiger partial charge in [0.05, 0.1) is 36.0 Å². The molecule has 1 fully saturated rings. The van der Waals surface area contributed by atoms with Crippen LogP contribution in [0.1, 0.15) is 24.5 Å². The fourth-order valence-corrected chi connectivity index (χ4v) is 3.61. The summed E-state index contributed by atoms with van der Waals surface area (Å²) in [5, 5.41) is 17.5. The van der Waals surface area contributed by atoms with Gasteiger partial charge in [-0.3, -0.25) is 0 Å². The molecule has 0 spiro atoms. The molecule has 164 valence electrons. The number of hydrogen-bond acceptors (Lipinski definition) is 6. The molecule has 0 aliphatic carbocycles. The zero-order valence-corrected chi connectivity index (χ0v) is 18.7. The van der Waals surface area contributed by atoms with E-state index in [-0.39, 0.29) is 0 Å². The summed E-state index contributed by atoms with van der Waals surface area (Å²) in [5.41, 5.74) is 6.84. The first kappa shape index (κ1) is 21.8. The van der Waals surface area contributed by atoms with Gasteiger partial charge in [0.15, 0.2) is 0 Å². The van der Waals surface area contributed by atoms with E-state index >= 15 is 0 Å². The van der Waals surface area contributed by atoms with Gasteiger partial charge in [-0.05, 0) is 79.1 Å². The summed E-state index contributed by atoms with van der Waals surface area (Å²) in [6.07, 6.45) is 2.23. The Kier molecular flexibility index (Phi) is 7.35. The third kappa shape index (κ3) is 5.86. The van der Waals surface area contributed by atoms with Crippen LogP contribution in [-0.2, 0) is 11.2 Å². The van der Waals surface area contributed by atoms with Gasteiger partial charge in [0.1, 0.15) is 0 Å². The van der Waals surface area contributed by atoms with Crippen LogP contribution >= 0.6 is 0 Å². The molecule has 0 bridgehead atoms. The van der Waals surface area contributed by atoms with E-state index in [9.17, 15) is 0 Å². The first-order valence-electron chi connectivity index (χ1n) is 11.2. The zero-order valence-electron chi connectivity index (χ0n) is 18.7. The fourth-order valence-electron chi connectivity index (χ4n) is 3.61. The Labute approximate surface area is 189 Å². The van der Waals surface area contributed by atoms with E-state index in [0.29, 0.717) is 0 Å². The number of aryl methyl sites for hydroxylation is 2. The molecule has 3 aromatic carbocycles. The number of benzene rings is 3. The number of anilines is 1. The summed E-state index contributed by atoms with van der Waals surface area (Å²) in [5.74, 6) is 0. The van der Waals surface area contributed by atoms with Gasteiger partial charge in [-0.1, -0.05) is 25.5 Å². The Bertz CT molecular complexity index is 1070. The molecule has 4 rings (SSSR count). The molecular formula is C26H29N5O. The summed E-state index contributed by atoms with van der Waals surface area (Å²) in [6, 6.07) is 22.2. The SMILES string of the molecule is CCCc1ccc(N=Nc2ccc(N=Nc3ccc(N4CCOCC4)cc3)cc2C)cc1. The number of rotatable bonds is 7. The molecule has 0 aromatic heterocycles. The second kappa shape index (κ2) is 10.8. The Morgan fingerprint density at radius 1 is 0.750 bits per heavy atom. The molecule has 0 amide bonds. The van der Waals surface area contributed by atoms with E-state index in [1.54, 1.807) is 0 Å². The third-order valence-electron chi connectivity index (χ3n) is 5.44. The van der Waals surface area contributed by atoms with Gasteiger partial charge in [0, 0.05) is 18.8 Å². The predicted molar refractivity (Wildman–Crippen MR) is 129 cm³/mol. The molecule has 1 aliphatic heterocycles. The lowest BCUT2D eigenvalue weighted by molar-refractivity contribution is 0.122. The molecule has 0 saturated carbocycles. The van der Waals surface area contributed by atoms with E-state index in [0.717, 1.165) is 67.5 Å². The lowest BCUT2D eigenvalue weighted by Gasteiger charge is -2.28. The van der Waals surface area contributed by atoms with Crippen LogP contribution in [0.5, 0.6) is 0 Å². The van der Waals surface area contributed by atoms with E-state index in [1.165, 1.54) is 11.3 Å². The van der Waals surface area contributed by atoms with Crippen molar-refractivity contribution in [2.24, 2.45) is 20.5 Å². The van der Waals surface area contributed by atoms with Crippen LogP contribution in [0.4, 0.5) is 28.4 Å². The first-order valence-corrected chi connectivity index (χ1v) is 11.2. The number of azo groups is 2. The van der Waals surface area contributed by atoms with Crippen LogP contribution in [0, 0.1) is 6.92 Å². The molecule has 0 radical (unpaired) electrons. The molecule has 32 heavy (non-hydrogen) atoms. The highest BCUT2D eigenvalue weighted by molar-refractivity contribution is 5.55. The van der Waals surface area contributed by atoms with Crippen LogP contribution in [0.2, 0.25) is 0 Å². The summed E-state index contributed by atoms with van der Waals surface area (Å²) in [6.45, 7) is 7.60. The van der Waals surface area contributed by atoms with E-state index in [4.69, 9.17) is 4.74 Å². The molecule has 0 N–H and O–H groups in total. The smallest absolute Gasteiger partial charge is 0.0887 e. The quantitative estimate of drug-likeness (QED) is 0.364. The Morgan fingerprint density at radius 3 is 2.00 bits per heavy atom. The summed E-state index contributed by atoms with van der Waals surface area (Å²) >= 11 is 0. The van der Waals surface area contributed by atoms with Crippen molar-refractivity contribution in [2.75, 3.05) is 31.2 Å². The highest BCUT2D eigenvalue weighted by Gasteiger charge is 2.10. The van der Waals surface area contributed by atoms with Gasteiger partial charge in [-0.15, -0.1) is 0 Å². The van der Waals surface area contributed by atoms with Gasteiger partial charge in [-0.2, -0.15) is 20.5 Å². The number of ether oxygens (including phenoxy) is 1. The standard InChI is InChI=1S/C26H29N5O/c1-3-4-21-5-7-22(8-6-21)28-30-26-14-11-24(19-20(26)2)29-27-23-9-12-25(13-10-23)31-15-17-32-18-16-31/h5-14,19H,3-4,15-18H2,1-2H3. The minimum Gasteiger partial charge on any atom is -0.378 e. The van der Waals surface area contributed by atoms with Crippen LogP contribution in [0.15, 0.2) is 87.2 Å². The summed E-state index contributed by atoms with van der Waals surface area (Å²) < 4.78 is 5.41. The second-order valence-corrected chi connectivity index (χ2v) is 7.90. The van der Waals surface area contributed by atoms with Crippen LogP contribution in [0.25, 0.3) is 0 Å². The first-order chi connectivity index (χ1) is 15.7. The van der Waals surface area contributed by atoms with E-state index in [1.807, 2.05) is 49.4 Å². The largest absolute Gasteiger partial charge is 0.378 e. The second-order valence-electron chi connectivity index (χ2n) is 7.90. The van der Waals surface area contributed by atoms with Gasteiger partial charge in [0.2, 0.25) is 0 Å². The number of nitrogens with zero attached hydrogens (tertiary/aromatic N) is 5. The van der Waals surface area contributed by atoms with Crippen LogP contribution < -0.4 is 4.90 Å². The van der Waals surface area contributed by atoms with E-state index in [2.05, 4.69) is 56.5 Å². The summed E-state index contributed by atoms with van der Waals surface area (Å²) in [7, 11) is 0. The normalized spacial score (nSPS) is 14.5. The molecule has 6 heteroatoms. The molecule has 3 aromatic rings. The fraction of sp³-hybridized carbons (Fsp3) is 0.308. The van der Waals surface area contributed by atoms with E-state index < -0.39 is 0 Å². The average Bonchev–Trinajstić information content (AvgIpc) is 2.84. The highest BCUT2D eigenvalue weighted by Crippen LogP contribution is 2.28. The van der Waals surface area contributed by atoms with Gasteiger partial charge < -0.3 is 9.64 Å². The van der Waals surface area contributed by atoms with Crippen molar-refractivity contribution in [3.05, 3.63) is 77.9 Å². The van der Waals surface area contributed by atoms with Gasteiger partial charge >= 0.3 is 0 Å². The maximum atomic E-state index is 5.41. The Morgan fingerprint density at radius 2 is 1.34 bits per heavy atom. The van der Waals surface area contributed by atoms with Crippen molar-refractivity contribution in [3.8, 4) is 0 Å². The third-order valence-corrected chi connectivity index (χ3v) is 5.44. The maximum Gasteiger partial charge on any atom is 0.0887 e. The predicted octanol–water partition coefficient (Wildman–Crippen LogP) is 7.61. The zero-order chi connectivity index (χ0) is 22.2. The van der Waals surface area contributed by atoms with Gasteiger partial charge in [0.25, 0.3) is 0 Å². The molecule has 1 saturated heterocycles. The molecule has 1 heterocycles. The van der Waals surface area contributed by atoms with Gasteiger partial charge in [-0.25, -0.2) is 0 Å². The Hall–Kier alpha value is -3.38. The van der Waals surface area contributed by atoms with Crippen LogP contribution in [-0.4, -0.2) is 26.3 Å². The van der Waals surface area contributed by atoms with Crippen molar-refractivity contribution in [2.45, 2.75) is 26.7 Å². The van der Waals surface area contributed by atoms with Crippen molar-refractivity contribution in [3.63, 3.8) is 0 Å². The van der Waals surface area contributed by atoms with Crippen molar-refractivity contribution < 1.29 is 4.74 Å². The molecule has 1 aliphatic rings. The van der Waals surface area contributed by atoms with Crippen molar-refractivity contribution in [1.29, 1.82) is 0 Å². The maximum absolute atomic E-state index is 5.41.